The molecule has 192 valence electrons. The molecule has 1 atom stereocenters. The van der Waals surface area contributed by atoms with Gasteiger partial charge in [0.1, 0.15) is 6.04 Å². The third-order valence-electron chi connectivity index (χ3n) is 5.94. The Labute approximate surface area is 210 Å². The van der Waals surface area contributed by atoms with Gasteiger partial charge in [0.05, 0.1) is 11.9 Å². The van der Waals surface area contributed by atoms with Crippen LogP contribution in [0.2, 0.25) is 0 Å². The number of rotatable bonds is 13. The van der Waals surface area contributed by atoms with Gasteiger partial charge in [-0.25, -0.2) is 8.42 Å². The molecule has 1 N–H and O–H groups in total. The number of benzene rings is 2. The Balaban J connectivity index is 2.20. The van der Waals surface area contributed by atoms with Gasteiger partial charge in [0.15, 0.2) is 0 Å². The smallest absolute Gasteiger partial charge is 0.242 e. The van der Waals surface area contributed by atoms with Crippen LogP contribution in [0, 0.1) is 13.8 Å². The molecule has 0 fully saturated rings. The molecular weight excluding hydrogens is 462 g/mol. The molecule has 35 heavy (non-hydrogen) atoms. The molecule has 0 spiro atoms. The summed E-state index contributed by atoms with van der Waals surface area (Å²) in [5, 5.41) is 2.92. The van der Waals surface area contributed by atoms with E-state index < -0.39 is 16.1 Å². The predicted octanol–water partition coefficient (Wildman–Crippen LogP) is 4.18. The van der Waals surface area contributed by atoms with Gasteiger partial charge in [0.25, 0.3) is 0 Å². The van der Waals surface area contributed by atoms with Gasteiger partial charge in [-0.3, -0.25) is 13.9 Å². The third-order valence-corrected chi connectivity index (χ3v) is 7.12. The highest BCUT2D eigenvalue weighted by molar-refractivity contribution is 7.92. The van der Waals surface area contributed by atoms with Crippen molar-refractivity contribution in [1.82, 2.24) is 10.2 Å². The Morgan fingerprint density at radius 2 is 1.66 bits per heavy atom. The van der Waals surface area contributed by atoms with E-state index in [1.165, 1.54) is 10.6 Å². The highest BCUT2D eigenvalue weighted by Gasteiger charge is 2.28. The fourth-order valence-electron chi connectivity index (χ4n) is 4.00. The zero-order valence-electron chi connectivity index (χ0n) is 21.6. The molecule has 0 heterocycles. The summed E-state index contributed by atoms with van der Waals surface area (Å²) in [6, 6.07) is 14.6. The minimum atomic E-state index is -3.51. The van der Waals surface area contributed by atoms with Crippen molar-refractivity contribution >= 4 is 27.5 Å². The van der Waals surface area contributed by atoms with Gasteiger partial charge >= 0.3 is 0 Å². The van der Waals surface area contributed by atoms with E-state index >= 15 is 0 Å². The van der Waals surface area contributed by atoms with Gasteiger partial charge in [0, 0.05) is 26.1 Å². The summed E-state index contributed by atoms with van der Waals surface area (Å²) in [4.78, 5) is 27.9. The average molecular weight is 502 g/mol. The van der Waals surface area contributed by atoms with E-state index in [1.807, 2.05) is 64.1 Å². The molecule has 8 heteroatoms. The van der Waals surface area contributed by atoms with Crippen LogP contribution in [-0.4, -0.2) is 50.5 Å². The monoisotopic (exact) mass is 501 g/mol. The lowest BCUT2D eigenvalue weighted by Crippen LogP contribution is -2.49. The minimum absolute atomic E-state index is 0.140. The molecule has 7 nitrogen and oxygen atoms in total. The molecule has 0 saturated carbocycles. The summed E-state index contributed by atoms with van der Waals surface area (Å²) >= 11 is 0. The lowest BCUT2D eigenvalue weighted by atomic mass is 10.1. The summed E-state index contributed by atoms with van der Waals surface area (Å²) in [7, 11) is -3.51. The van der Waals surface area contributed by atoms with Crippen molar-refractivity contribution in [2.75, 3.05) is 23.7 Å². The number of nitrogens with zero attached hydrogens (tertiary/aromatic N) is 2. The van der Waals surface area contributed by atoms with Crippen molar-refractivity contribution in [2.24, 2.45) is 0 Å². The third kappa shape index (κ3) is 8.38. The van der Waals surface area contributed by atoms with Crippen LogP contribution in [0.15, 0.2) is 48.5 Å². The molecule has 2 aromatic carbocycles. The van der Waals surface area contributed by atoms with Gasteiger partial charge < -0.3 is 10.2 Å². The predicted molar refractivity (Wildman–Crippen MR) is 142 cm³/mol. The van der Waals surface area contributed by atoms with Crippen LogP contribution < -0.4 is 9.62 Å². The number of amides is 2. The van der Waals surface area contributed by atoms with Crippen LogP contribution in [-0.2, 0) is 26.2 Å². The largest absolute Gasteiger partial charge is 0.354 e. The molecule has 0 aliphatic rings. The first-order chi connectivity index (χ1) is 16.6. The van der Waals surface area contributed by atoms with Gasteiger partial charge in [-0.15, -0.1) is 0 Å². The van der Waals surface area contributed by atoms with Crippen LogP contribution >= 0.6 is 0 Å². The topological polar surface area (TPSA) is 86.8 Å². The van der Waals surface area contributed by atoms with E-state index in [-0.39, 0.29) is 24.8 Å². The van der Waals surface area contributed by atoms with E-state index in [4.69, 9.17) is 0 Å². The molecule has 2 amide bonds. The first-order valence-electron chi connectivity index (χ1n) is 12.2. The van der Waals surface area contributed by atoms with Crippen LogP contribution in [0.25, 0.3) is 0 Å². The Morgan fingerprint density at radius 3 is 2.23 bits per heavy atom. The standard InChI is InChI=1S/C27H39N3O4S/c1-6-18-28-27(32)24(7-2)29(20-23-16-14-21(3)15-17-23)26(31)13-10-19-30(35(5,33)34)25-12-9-8-11-22(25)4/h8-9,11-12,14-17,24H,6-7,10,13,18-20H2,1-5H3,(H,28,32)/t24-/m0/s1. The van der Waals surface area contributed by atoms with Gasteiger partial charge in [-0.05, 0) is 50.3 Å². The fraction of sp³-hybridized carbons (Fsp3) is 0.481. The van der Waals surface area contributed by atoms with Crippen LogP contribution in [0.5, 0.6) is 0 Å². The summed E-state index contributed by atoms with van der Waals surface area (Å²) in [6.07, 6.45) is 2.97. The van der Waals surface area contributed by atoms with Crippen molar-refractivity contribution in [1.29, 1.82) is 0 Å². The highest BCUT2D eigenvalue weighted by atomic mass is 32.2. The molecule has 2 aromatic rings. The van der Waals surface area contributed by atoms with Crippen LogP contribution in [0.3, 0.4) is 0 Å². The Kier molecular flexibility index (Phi) is 10.8. The zero-order valence-corrected chi connectivity index (χ0v) is 22.4. The normalized spacial score (nSPS) is 12.1. The Morgan fingerprint density at radius 1 is 1.00 bits per heavy atom. The summed E-state index contributed by atoms with van der Waals surface area (Å²) in [6.45, 7) is 8.82. The number of sulfonamides is 1. The molecule has 0 aromatic heterocycles. The first-order valence-corrected chi connectivity index (χ1v) is 14.1. The molecule has 0 saturated heterocycles. The maximum atomic E-state index is 13.4. The van der Waals surface area contributed by atoms with Crippen LogP contribution in [0.4, 0.5) is 5.69 Å². The summed E-state index contributed by atoms with van der Waals surface area (Å²) in [5.41, 5.74) is 3.54. The SMILES string of the molecule is CCCNC(=O)[C@H](CC)N(Cc1ccc(C)cc1)C(=O)CCCN(c1ccccc1C)S(C)(=O)=O. The zero-order chi connectivity index (χ0) is 26.0. The van der Waals surface area contributed by atoms with E-state index in [0.29, 0.717) is 31.6 Å². The summed E-state index contributed by atoms with van der Waals surface area (Å²) < 4.78 is 26.3. The second-order valence-corrected chi connectivity index (χ2v) is 10.9. The minimum Gasteiger partial charge on any atom is -0.354 e. The first kappa shape index (κ1) is 28.4. The number of carbonyl (C=O) groups excluding carboxylic acids is 2. The lowest BCUT2D eigenvalue weighted by molar-refractivity contribution is -0.141. The van der Waals surface area contributed by atoms with Gasteiger partial charge in [-0.2, -0.15) is 0 Å². The number of hydrogen-bond acceptors (Lipinski definition) is 4. The second-order valence-electron chi connectivity index (χ2n) is 8.95. The number of carbonyl (C=O) groups is 2. The highest BCUT2D eigenvalue weighted by Crippen LogP contribution is 2.23. The molecule has 0 aliphatic carbocycles. The van der Waals surface area contributed by atoms with Gasteiger partial charge in [0.2, 0.25) is 21.8 Å². The average Bonchev–Trinajstić information content (AvgIpc) is 2.81. The van der Waals surface area contributed by atoms with Crippen LogP contribution in [0.1, 0.15) is 56.2 Å². The van der Waals surface area contributed by atoms with E-state index in [1.54, 1.807) is 17.0 Å². The van der Waals surface area contributed by atoms with E-state index in [0.717, 1.165) is 23.1 Å². The molecular formula is C27H39N3O4S. The van der Waals surface area contributed by atoms with Crippen molar-refractivity contribution < 1.29 is 18.0 Å². The van der Waals surface area contributed by atoms with Crippen molar-refractivity contribution in [2.45, 2.75) is 66.0 Å². The molecule has 0 bridgehead atoms. The Hall–Kier alpha value is -2.87. The number of hydrogen-bond donors (Lipinski definition) is 1. The van der Waals surface area contributed by atoms with Crippen molar-refractivity contribution in [3.63, 3.8) is 0 Å². The second kappa shape index (κ2) is 13.3. The van der Waals surface area contributed by atoms with E-state index in [9.17, 15) is 18.0 Å². The number of aryl methyl sites for hydroxylation is 2. The number of anilines is 1. The molecule has 0 unspecified atom stereocenters. The molecule has 2 rings (SSSR count). The quantitative estimate of drug-likeness (QED) is 0.446. The molecule has 0 aliphatic heterocycles. The maximum Gasteiger partial charge on any atom is 0.242 e. The fourth-order valence-corrected chi connectivity index (χ4v) is 5.02. The number of nitrogens with one attached hydrogen (secondary N) is 1. The Bertz CT molecular complexity index is 1080. The maximum absolute atomic E-state index is 13.4. The molecule has 0 radical (unpaired) electrons. The van der Waals surface area contributed by atoms with Gasteiger partial charge in [-0.1, -0.05) is 61.9 Å². The van der Waals surface area contributed by atoms with Crippen molar-refractivity contribution in [3.8, 4) is 0 Å². The summed E-state index contributed by atoms with van der Waals surface area (Å²) in [5.74, 6) is -0.324. The number of para-hydroxylation sites is 1. The van der Waals surface area contributed by atoms with E-state index in [2.05, 4.69) is 5.32 Å². The van der Waals surface area contributed by atoms with Crippen molar-refractivity contribution in [3.05, 3.63) is 65.2 Å². The lowest BCUT2D eigenvalue weighted by Gasteiger charge is -2.31.